The van der Waals surface area contributed by atoms with Gasteiger partial charge >= 0.3 is 0 Å². The number of piperazine rings is 1. The Labute approximate surface area is 149 Å². The molecule has 0 saturated carbocycles. The van der Waals surface area contributed by atoms with Crippen molar-refractivity contribution in [3.8, 4) is 5.75 Å². The molecule has 0 spiro atoms. The standard InChI is InChI=1S/C19H23N3OS/c1-15-3-7-17(8-4-15)21-11-13-22(14-12-21)19(24)20-16-5-9-18(23-2)10-6-16/h3-10H,11-14H2,1-2H3,(H,20,24). The van der Waals surface area contributed by atoms with Crippen LogP contribution in [0.25, 0.3) is 0 Å². The number of anilines is 2. The summed E-state index contributed by atoms with van der Waals surface area (Å²) in [4.78, 5) is 4.64. The lowest BCUT2D eigenvalue weighted by Gasteiger charge is -2.37. The number of nitrogens with zero attached hydrogens (tertiary/aromatic N) is 2. The molecule has 1 heterocycles. The van der Waals surface area contributed by atoms with Crippen molar-refractivity contribution in [2.75, 3.05) is 43.5 Å². The van der Waals surface area contributed by atoms with E-state index in [1.807, 2.05) is 24.3 Å². The maximum absolute atomic E-state index is 5.55. The largest absolute Gasteiger partial charge is 0.497 e. The van der Waals surface area contributed by atoms with Crippen LogP contribution in [0.1, 0.15) is 5.56 Å². The number of aryl methyl sites for hydroxylation is 1. The van der Waals surface area contributed by atoms with Crippen LogP contribution in [0, 0.1) is 6.92 Å². The second-order valence-electron chi connectivity index (χ2n) is 5.97. The summed E-state index contributed by atoms with van der Waals surface area (Å²) < 4.78 is 5.18. The molecule has 24 heavy (non-hydrogen) atoms. The zero-order chi connectivity index (χ0) is 16.9. The summed E-state index contributed by atoms with van der Waals surface area (Å²) in [6.07, 6.45) is 0. The molecule has 1 N–H and O–H groups in total. The van der Waals surface area contributed by atoms with Gasteiger partial charge in [-0.25, -0.2) is 0 Å². The molecule has 3 rings (SSSR count). The minimum Gasteiger partial charge on any atom is -0.497 e. The van der Waals surface area contributed by atoms with Crippen LogP contribution in [0.15, 0.2) is 48.5 Å². The number of ether oxygens (including phenoxy) is 1. The second-order valence-corrected chi connectivity index (χ2v) is 6.35. The summed E-state index contributed by atoms with van der Waals surface area (Å²) >= 11 is 5.55. The molecule has 1 saturated heterocycles. The molecule has 0 aromatic heterocycles. The highest BCUT2D eigenvalue weighted by Gasteiger charge is 2.19. The normalized spacial score (nSPS) is 14.4. The molecule has 2 aromatic rings. The maximum Gasteiger partial charge on any atom is 0.173 e. The Hall–Kier alpha value is -2.27. The van der Waals surface area contributed by atoms with E-state index in [4.69, 9.17) is 17.0 Å². The van der Waals surface area contributed by atoms with Crippen molar-refractivity contribution in [1.82, 2.24) is 4.90 Å². The van der Waals surface area contributed by atoms with Gasteiger partial charge in [0.05, 0.1) is 7.11 Å². The van der Waals surface area contributed by atoms with E-state index in [9.17, 15) is 0 Å². The first kappa shape index (κ1) is 16.6. The summed E-state index contributed by atoms with van der Waals surface area (Å²) in [6, 6.07) is 16.5. The smallest absolute Gasteiger partial charge is 0.173 e. The van der Waals surface area contributed by atoms with E-state index in [1.165, 1.54) is 11.3 Å². The van der Waals surface area contributed by atoms with Crippen molar-refractivity contribution >= 4 is 28.7 Å². The van der Waals surface area contributed by atoms with E-state index in [-0.39, 0.29) is 0 Å². The number of methoxy groups -OCH3 is 1. The van der Waals surface area contributed by atoms with Crippen LogP contribution in [-0.4, -0.2) is 43.3 Å². The first-order chi connectivity index (χ1) is 11.7. The quantitative estimate of drug-likeness (QED) is 0.862. The Morgan fingerprint density at radius 1 is 0.958 bits per heavy atom. The van der Waals surface area contributed by atoms with E-state index in [0.717, 1.165) is 42.7 Å². The number of nitrogens with one attached hydrogen (secondary N) is 1. The van der Waals surface area contributed by atoms with Crippen molar-refractivity contribution in [3.63, 3.8) is 0 Å². The molecular formula is C19H23N3OS. The van der Waals surface area contributed by atoms with Gasteiger partial charge in [0, 0.05) is 37.6 Å². The highest BCUT2D eigenvalue weighted by molar-refractivity contribution is 7.80. The van der Waals surface area contributed by atoms with Gasteiger partial charge in [0.25, 0.3) is 0 Å². The molecule has 1 aliphatic rings. The van der Waals surface area contributed by atoms with Crippen LogP contribution in [0.3, 0.4) is 0 Å². The van der Waals surface area contributed by atoms with Crippen molar-refractivity contribution in [3.05, 3.63) is 54.1 Å². The topological polar surface area (TPSA) is 27.7 Å². The van der Waals surface area contributed by atoms with E-state index in [1.54, 1.807) is 7.11 Å². The molecule has 0 aliphatic carbocycles. The SMILES string of the molecule is COc1ccc(NC(=S)N2CCN(c3ccc(C)cc3)CC2)cc1. The molecule has 1 aliphatic heterocycles. The van der Waals surface area contributed by atoms with Gasteiger partial charge in [-0.15, -0.1) is 0 Å². The average molecular weight is 341 g/mol. The monoisotopic (exact) mass is 341 g/mol. The number of benzene rings is 2. The van der Waals surface area contributed by atoms with Gasteiger partial charge in [0.2, 0.25) is 0 Å². The molecule has 1 fully saturated rings. The summed E-state index contributed by atoms with van der Waals surface area (Å²) in [5.41, 5.74) is 3.57. The van der Waals surface area contributed by atoms with E-state index >= 15 is 0 Å². The van der Waals surface area contributed by atoms with Crippen molar-refractivity contribution in [2.45, 2.75) is 6.92 Å². The van der Waals surface area contributed by atoms with Crippen LogP contribution >= 0.6 is 12.2 Å². The van der Waals surface area contributed by atoms with Crippen molar-refractivity contribution in [1.29, 1.82) is 0 Å². The van der Waals surface area contributed by atoms with Gasteiger partial charge in [-0.2, -0.15) is 0 Å². The number of rotatable bonds is 3. The molecule has 2 aromatic carbocycles. The highest BCUT2D eigenvalue weighted by Crippen LogP contribution is 2.19. The molecule has 0 amide bonds. The summed E-state index contributed by atoms with van der Waals surface area (Å²) in [5.74, 6) is 0.846. The summed E-state index contributed by atoms with van der Waals surface area (Å²) in [7, 11) is 1.67. The lowest BCUT2D eigenvalue weighted by Crippen LogP contribution is -2.50. The van der Waals surface area contributed by atoms with Crippen molar-refractivity contribution in [2.24, 2.45) is 0 Å². The van der Waals surface area contributed by atoms with Crippen LogP contribution in [0.2, 0.25) is 0 Å². The molecule has 126 valence electrons. The van der Waals surface area contributed by atoms with Gasteiger partial charge in [-0.05, 0) is 55.5 Å². The molecule has 0 unspecified atom stereocenters. The Morgan fingerprint density at radius 3 is 2.17 bits per heavy atom. The molecule has 4 nitrogen and oxygen atoms in total. The first-order valence-corrected chi connectivity index (χ1v) is 8.58. The molecule has 0 atom stereocenters. The van der Waals surface area contributed by atoms with Crippen molar-refractivity contribution < 1.29 is 4.74 Å². The van der Waals surface area contributed by atoms with E-state index < -0.39 is 0 Å². The van der Waals surface area contributed by atoms with E-state index in [2.05, 4.69) is 46.3 Å². The molecule has 5 heteroatoms. The van der Waals surface area contributed by atoms with Crippen LogP contribution < -0.4 is 15.0 Å². The zero-order valence-electron chi connectivity index (χ0n) is 14.2. The van der Waals surface area contributed by atoms with Gasteiger partial charge in [-0.1, -0.05) is 17.7 Å². The van der Waals surface area contributed by atoms with Crippen LogP contribution in [0.5, 0.6) is 5.75 Å². The van der Waals surface area contributed by atoms with Gasteiger partial charge in [0.15, 0.2) is 5.11 Å². The molecule has 0 bridgehead atoms. The fraction of sp³-hybridized carbons (Fsp3) is 0.316. The fourth-order valence-electron chi connectivity index (χ4n) is 2.80. The number of hydrogen-bond acceptors (Lipinski definition) is 3. The fourth-order valence-corrected chi connectivity index (χ4v) is 3.10. The maximum atomic E-state index is 5.55. The molecule has 0 radical (unpaired) electrons. The lowest BCUT2D eigenvalue weighted by atomic mass is 10.2. The van der Waals surface area contributed by atoms with E-state index in [0.29, 0.717) is 0 Å². The Bertz CT molecular complexity index is 677. The summed E-state index contributed by atoms with van der Waals surface area (Å²) in [6.45, 7) is 5.93. The van der Waals surface area contributed by atoms with Gasteiger partial charge < -0.3 is 19.9 Å². The van der Waals surface area contributed by atoms with Crippen LogP contribution in [0.4, 0.5) is 11.4 Å². The minimum absolute atomic E-state index is 0.781. The number of thiocarbonyl (C=S) groups is 1. The third kappa shape index (κ3) is 3.97. The average Bonchev–Trinajstić information content (AvgIpc) is 2.63. The Morgan fingerprint density at radius 2 is 1.58 bits per heavy atom. The minimum atomic E-state index is 0.781. The molecular weight excluding hydrogens is 318 g/mol. The third-order valence-corrected chi connectivity index (χ3v) is 4.67. The number of hydrogen-bond donors (Lipinski definition) is 1. The Kier molecular flexibility index (Phi) is 5.20. The first-order valence-electron chi connectivity index (χ1n) is 8.17. The zero-order valence-corrected chi connectivity index (χ0v) is 15.0. The van der Waals surface area contributed by atoms with Gasteiger partial charge in [0.1, 0.15) is 5.75 Å². The van der Waals surface area contributed by atoms with Crippen LogP contribution in [-0.2, 0) is 0 Å². The van der Waals surface area contributed by atoms with Gasteiger partial charge in [-0.3, -0.25) is 0 Å². The lowest BCUT2D eigenvalue weighted by molar-refractivity contribution is 0.391. The Balaban J connectivity index is 1.53. The second kappa shape index (κ2) is 7.53. The third-order valence-electron chi connectivity index (χ3n) is 4.31. The highest BCUT2D eigenvalue weighted by atomic mass is 32.1. The predicted octanol–water partition coefficient (Wildman–Crippen LogP) is 3.52. The summed E-state index contributed by atoms with van der Waals surface area (Å²) in [5, 5.41) is 4.09. The predicted molar refractivity (Wildman–Crippen MR) is 104 cm³/mol.